The first-order valence-electron chi connectivity index (χ1n) is 8.34. The highest BCUT2D eigenvalue weighted by atomic mass is 16.5. The molecule has 0 unspecified atom stereocenters. The van der Waals surface area contributed by atoms with Gasteiger partial charge in [-0.2, -0.15) is 5.10 Å². The number of benzene rings is 1. The summed E-state index contributed by atoms with van der Waals surface area (Å²) in [5, 5.41) is 7.31. The minimum absolute atomic E-state index is 0.185. The third-order valence-electron chi connectivity index (χ3n) is 4.22. The third-order valence-corrected chi connectivity index (χ3v) is 4.22. The number of nitrogens with one attached hydrogen (secondary N) is 1. The van der Waals surface area contributed by atoms with Crippen LogP contribution < -0.4 is 5.32 Å². The van der Waals surface area contributed by atoms with Gasteiger partial charge in [-0.3, -0.25) is 4.68 Å². The number of aryl methyl sites for hydroxylation is 2. The van der Waals surface area contributed by atoms with Gasteiger partial charge >= 0.3 is 12.0 Å². The average molecular weight is 342 g/mol. The average Bonchev–Trinajstić information content (AvgIpc) is 2.90. The number of hydrogen-bond acceptors (Lipinski definition) is 4. The molecule has 1 aromatic carbocycles. The van der Waals surface area contributed by atoms with Crippen LogP contribution in [-0.2, 0) is 24.8 Å². The minimum Gasteiger partial charge on any atom is -0.461 e. The molecule has 25 heavy (non-hydrogen) atoms. The Morgan fingerprint density at radius 2 is 2.16 bits per heavy atom. The van der Waals surface area contributed by atoms with Crippen molar-refractivity contribution in [3.8, 4) is 0 Å². The molecule has 3 rings (SSSR count). The molecule has 0 saturated heterocycles. The van der Waals surface area contributed by atoms with Crippen molar-refractivity contribution in [2.75, 3.05) is 18.5 Å². The molecule has 1 N–H and O–H groups in total. The predicted octanol–water partition coefficient (Wildman–Crippen LogP) is 2.50. The Kier molecular flexibility index (Phi) is 4.74. The number of hydrogen-bond donors (Lipinski definition) is 1. The number of urea groups is 1. The standard InChI is InChI=1S/C18H22N4O3/c1-4-25-17(23)16-14-11-22(9-8-15(14)20-21(16)3)18(24)19-13-7-5-6-12(2)10-13/h5-7,10H,4,8-9,11H2,1-3H3,(H,19,24). The molecule has 0 bridgehead atoms. The van der Waals surface area contributed by atoms with Gasteiger partial charge < -0.3 is 15.0 Å². The summed E-state index contributed by atoms with van der Waals surface area (Å²) in [6.45, 7) is 4.95. The highest BCUT2D eigenvalue weighted by molar-refractivity contribution is 5.91. The molecule has 0 atom stereocenters. The maximum Gasteiger partial charge on any atom is 0.356 e. The summed E-state index contributed by atoms with van der Waals surface area (Å²) in [6.07, 6.45) is 0.615. The molecule has 1 aliphatic heterocycles. The Morgan fingerprint density at radius 3 is 2.88 bits per heavy atom. The molecule has 2 aromatic rings. The van der Waals surface area contributed by atoms with Gasteiger partial charge in [0.15, 0.2) is 5.69 Å². The van der Waals surface area contributed by atoms with Gasteiger partial charge in [-0.15, -0.1) is 0 Å². The van der Waals surface area contributed by atoms with E-state index in [2.05, 4.69) is 10.4 Å². The van der Waals surface area contributed by atoms with E-state index in [1.165, 1.54) is 0 Å². The largest absolute Gasteiger partial charge is 0.461 e. The van der Waals surface area contributed by atoms with Crippen LogP contribution in [0.1, 0.15) is 34.2 Å². The Balaban J connectivity index is 1.78. The Labute approximate surface area is 146 Å². The molecule has 7 heteroatoms. The summed E-state index contributed by atoms with van der Waals surface area (Å²) in [6, 6.07) is 7.47. The summed E-state index contributed by atoms with van der Waals surface area (Å²) < 4.78 is 6.67. The molecule has 1 aromatic heterocycles. The van der Waals surface area contributed by atoms with E-state index in [9.17, 15) is 9.59 Å². The topological polar surface area (TPSA) is 76.5 Å². The van der Waals surface area contributed by atoms with Crippen molar-refractivity contribution in [2.45, 2.75) is 26.8 Å². The van der Waals surface area contributed by atoms with Crippen LogP contribution in [0.15, 0.2) is 24.3 Å². The molecule has 0 fully saturated rings. The van der Waals surface area contributed by atoms with Crippen molar-refractivity contribution in [3.05, 3.63) is 46.8 Å². The van der Waals surface area contributed by atoms with E-state index in [1.54, 1.807) is 23.6 Å². The van der Waals surface area contributed by atoms with Crippen LogP contribution >= 0.6 is 0 Å². The molecule has 2 amide bonds. The Bertz CT molecular complexity index is 813. The zero-order valence-electron chi connectivity index (χ0n) is 14.7. The van der Waals surface area contributed by atoms with Crippen LogP contribution in [0.25, 0.3) is 0 Å². The molecule has 7 nitrogen and oxygen atoms in total. The quantitative estimate of drug-likeness (QED) is 0.870. The molecule has 0 radical (unpaired) electrons. The fourth-order valence-corrected chi connectivity index (χ4v) is 3.05. The van der Waals surface area contributed by atoms with Gasteiger partial charge in [0.05, 0.1) is 18.8 Å². The number of rotatable bonds is 3. The van der Waals surface area contributed by atoms with Gasteiger partial charge in [0.25, 0.3) is 0 Å². The maximum atomic E-state index is 12.6. The van der Waals surface area contributed by atoms with Crippen molar-refractivity contribution in [1.29, 1.82) is 0 Å². The van der Waals surface area contributed by atoms with Gasteiger partial charge in [-0.25, -0.2) is 9.59 Å². The number of amides is 2. The monoisotopic (exact) mass is 342 g/mol. The number of nitrogens with zero attached hydrogens (tertiary/aromatic N) is 3. The normalized spacial score (nSPS) is 13.3. The molecular formula is C18H22N4O3. The third kappa shape index (κ3) is 3.50. The number of ether oxygens (including phenoxy) is 1. The fourth-order valence-electron chi connectivity index (χ4n) is 3.05. The number of carbonyl (C=O) groups excluding carboxylic acids is 2. The van der Waals surface area contributed by atoms with Gasteiger partial charge in [0.2, 0.25) is 0 Å². The van der Waals surface area contributed by atoms with Crippen molar-refractivity contribution in [3.63, 3.8) is 0 Å². The summed E-state index contributed by atoms with van der Waals surface area (Å²) in [5.74, 6) is -0.403. The number of aromatic nitrogens is 2. The number of carbonyl (C=O) groups is 2. The number of esters is 1. The van der Waals surface area contributed by atoms with Gasteiger partial charge in [0.1, 0.15) is 0 Å². The summed E-state index contributed by atoms with van der Waals surface area (Å²) in [4.78, 5) is 26.5. The van der Waals surface area contributed by atoms with Crippen molar-refractivity contribution in [2.24, 2.45) is 7.05 Å². The zero-order valence-corrected chi connectivity index (χ0v) is 14.7. The van der Waals surface area contributed by atoms with Crippen LogP contribution in [0.2, 0.25) is 0 Å². The van der Waals surface area contributed by atoms with Crippen molar-refractivity contribution >= 4 is 17.7 Å². The second-order valence-corrected chi connectivity index (χ2v) is 6.09. The van der Waals surface area contributed by atoms with Gasteiger partial charge in [0, 0.05) is 31.3 Å². The fraction of sp³-hybridized carbons (Fsp3) is 0.389. The number of anilines is 1. The van der Waals surface area contributed by atoms with Crippen LogP contribution in [0.4, 0.5) is 10.5 Å². The van der Waals surface area contributed by atoms with Crippen LogP contribution in [0.5, 0.6) is 0 Å². The molecule has 0 saturated carbocycles. The van der Waals surface area contributed by atoms with Crippen molar-refractivity contribution < 1.29 is 14.3 Å². The first kappa shape index (κ1) is 17.0. The van der Waals surface area contributed by atoms with Gasteiger partial charge in [-0.1, -0.05) is 12.1 Å². The second kappa shape index (κ2) is 6.96. The molecule has 0 spiro atoms. The molecule has 132 valence electrons. The minimum atomic E-state index is -0.403. The Morgan fingerprint density at radius 1 is 1.36 bits per heavy atom. The van der Waals surface area contributed by atoms with E-state index in [0.717, 1.165) is 22.5 Å². The summed E-state index contributed by atoms with van der Waals surface area (Å²) in [5.41, 5.74) is 3.88. The van der Waals surface area contributed by atoms with Crippen LogP contribution in [-0.4, -0.2) is 39.8 Å². The van der Waals surface area contributed by atoms with Crippen molar-refractivity contribution in [1.82, 2.24) is 14.7 Å². The van der Waals surface area contributed by atoms with E-state index in [4.69, 9.17) is 4.74 Å². The lowest BCUT2D eigenvalue weighted by atomic mass is 10.1. The molecule has 1 aliphatic rings. The zero-order chi connectivity index (χ0) is 18.0. The SMILES string of the molecule is CCOC(=O)c1c2c(nn1C)CCN(C(=O)Nc1cccc(C)c1)C2. The first-order chi connectivity index (χ1) is 12.0. The van der Waals surface area contributed by atoms with E-state index in [1.807, 2.05) is 31.2 Å². The second-order valence-electron chi connectivity index (χ2n) is 6.09. The summed E-state index contributed by atoms with van der Waals surface area (Å²) in [7, 11) is 1.72. The Hall–Kier alpha value is -2.83. The van der Waals surface area contributed by atoms with Gasteiger partial charge in [-0.05, 0) is 31.5 Å². The highest BCUT2D eigenvalue weighted by Crippen LogP contribution is 2.23. The predicted molar refractivity (Wildman–Crippen MR) is 93.5 cm³/mol. The lowest BCUT2D eigenvalue weighted by molar-refractivity contribution is 0.0511. The summed E-state index contributed by atoms with van der Waals surface area (Å²) >= 11 is 0. The number of fused-ring (bicyclic) bond motifs is 1. The smallest absolute Gasteiger partial charge is 0.356 e. The van der Waals surface area contributed by atoms with E-state index in [-0.39, 0.29) is 6.03 Å². The lowest BCUT2D eigenvalue weighted by Gasteiger charge is -2.27. The van der Waals surface area contributed by atoms with E-state index < -0.39 is 5.97 Å². The molecule has 2 heterocycles. The van der Waals surface area contributed by atoms with E-state index in [0.29, 0.717) is 31.8 Å². The first-order valence-corrected chi connectivity index (χ1v) is 8.34. The highest BCUT2D eigenvalue weighted by Gasteiger charge is 2.30. The lowest BCUT2D eigenvalue weighted by Crippen LogP contribution is -2.39. The maximum absolute atomic E-state index is 12.6. The molecular weight excluding hydrogens is 320 g/mol. The van der Waals surface area contributed by atoms with Crippen LogP contribution in [0.3, 0.4) is 0 Å². The van der Waals surface area contributed by atoms with E-state index >= 15 is 0 Å². The van der Waals surface area contributed by atoms with Crippen LogP contribution in [0, 0.1) is 6.92 Å². The molecule has 0 aliphatic carbocycles.